The van der Waals surface area contributed by atoms with Crippen LogP contribution in [0.15, 0.2) is 35.3 Å². The standard InChI is InChI=1S/C21H31N3O3S/c1-6-22-21(24-14(2)11-17-9-7-15(3)28-17)23-13-19(25)18-12-16(26-4)8-10-20(18)27-5/h7-10,12,14,19,25H,6,11,13H2,1-5H3,(H2,22,23,24). The first kappa shape index (κ1) is 22.0. The molecule has 1 heterocycles. The van der Waals surface area contributed by atoms with Gasteiger partial charge in [-0.05, 0) is 51.1 Å². The molecule has 2 aromatic rings. The smallest absolute Gasteiger partial charge is 0.191 e. The highest BCUT2D eigenvalue weighted by Crippen LogP contribution is 2.29. The molecule has 1 aromatic carbocycles. The predicted molar refractivity (Wildman–Crippen MR) is 116 cm³/mol. The molecule has 0 bridgehead atoms. The van der Waals surface area contributed by atoms with Crippen LogP contribution in [0.3, 0.4) is 0 Å². The normalized spacial score (nSPS) is 13.7. The second-order valence-corrected chi connectivity index (χ2v) is 7.98. The van der Waals surface area contributed by atoms with Crippen LogP contribution in [-0.2, 0) is 6.42 Å². The molecular formula is C21H31N3O3S. The van der Waals surface area contributed by atoms with Gasteiger partial charge in [0.15, 0.2) is 5.96 Å². The maximum Gasteiger partial charge on any atom is 0.191 e. The Balaban J connectivity index is 2.04. The Hall–Kier alpha value is -2.25. The third-order valence-electron chi connectivity index (χ3n) is 4.25. The predicted octanol–water partition coefficient (Wildman–Crippen LogP) is 3.29. The van der Waals surface area contributed by atoms with Crippen LogP contribution in [-0.4, -0.2) is 44.4 Å². The Morgan fingerprint density at radius 2 is 2.00 bits per heavy atom. The lowest BCUT2D eigenvalue weighted by Gasteiger charge is -2.19. The number of aliphatic hydroxyl groups excluding tert-OH is 1. The zero-order chi connectivity index (χ0) is 20.5. The van der Waals surface area contributed by atoms with Crippen LogP contribution in [0.25, 0.3) is 0 Å². The summed E-state index contributed by atoms with van der Waals surface area (Å²) in [6.07, 6.45) is 0.130. The van der Waals surface area contributed by atoms with E-state index in [0.29, 0.717) is 23.0 Å². The molecule has 0 aliphatic carbocycles. The number of ether oxygens (including phenoxy) is 2. The van der Waals surface area contributed by atoms with Crippen molar-refractivity contribution in [3.63, 3.8) is 0 Å². The van der Waals surface area contributed by atoms with Gasteiger partial charge in [-0.25, -0.2) is 0 Å². The van der Waals surface area contributed by atoms with Gasteiger partial charge >= 0.3 is 0 Å². The van der Waals surface area contributed by atoms with E-state index in [2.05, 4.69) is 41.6 Å². The summed E-state index contributed by atoms with van der Waals surface area (Å²) in [5, 5.41) is 17.3. The first-order valence-corrected chi connectivity index (χ1v) is 10.3. The summed E-state index contributed by atoms with van der Waals surface area (Å²) in [4.78, 5) is 7.22. The number of rotatable bonds is 9. The van der Waals surface area contributed by atoms with Crippen molar-refractivity contribution in [2.45, 2.75) is 39.3 Å². The van der Waals surface area contributed by atoms with E-state index >= 15 is 0 Å². The maximum absolute atomic E-state index is 10.6. The van der Waals surface area contributed by atoms with Crippen LogP contribution in [0.1, 0.15) is 35.3 Å². The molecule has 2 atom stereocenters. The topological polar surface area (TPSA) is 75.1 Å². The van der Waals surface area contributed by atoms with Crippen LogP contribution in [0, 0.1) is 6.92 Å². The zero-order valence-electron chi connectivity index (χ0n) is 17.3. The van der Waals surface area contributed by atoms with E-state index in [1.165, 1.54) is 9.75 Å². The lowest BCUT2D eigenvalue weighted by atomic mass is 10.1. The summed E-state index contributed by atoms with van der Waals surface area (Å²) in [5.41, 5.74) is 0.656. The molecule has 0 aliphatic rings. The Labute approximate surface area is 171 Å². The number of aryl methyl sites for hydroxylation is 1. The van der Waals surface area contributed by atoms with E-state index in [9.17, 15) is 5.11 Å². The van der Waals surface area contributed by atoms with E-state index in [0.717, 1.165) is 13.0 Å². The molecule has 0 aliphatic heterocycles. The van der Waals surface area contributed by atoms with Gasteiger partial charge in [0.05, 0.1) is 20.8 Å². The van der Waals surface area contributed by atoms with Gasteiger partial charge in [0.25, 0.3) is 0 Å². The lowest BCUT2D eigenvalue weighted by Crippen LogP contribution is -2.43. The van der Waals surface area contributed by atoms with Gasteiger partial charge in [0.2, 0.25) is 0 Å². The Kier molecular flexibility index (Phi) is 8.60. The molecule has 1 aromatic heterocycles. The molecule has 6 nitrogen and oxygen atoms in total. The fourth-order valence-corrected chi connectivity index (χ4v) is 3.90. The van der Waals surface area contributed by atoms with Crippen molar-refractivity contribution in [2.75, 3.05) is 27.3 Å². The van der Waals surface area contributed by atoms with Gasteiger partial charge in [-0.15, -0.1) is 11.3 Å². The molecule has 0 saturated heterocycles. The quantitative estimate of drug-likeness (QED) is 0.441. The van der Waals surface area contributed by atoms with Crippen molar-refractivity contribution >= 4 is 17.3 Å². The van der Waals surface area contributed by atoms with E-state index < -0.39 is 6.10 Å². The molecule has 0 radical (unpaired) electrons. The molecule has 7 heteroatoms. The summed E-state index contributed by atoms with van der Waals surface area (Å²) < 4.78 is 10.6. The van der Waals surface area contributed by atoms with E-state index in [-0.39, 0.29) is 12.6 Å². The van der Waals surface area contributed by atoms with Crippen molar-refractivity contribution in [1.82, 2.24) is 10.6 Å². The minimum atomic E-state index is -0.796. The molecule has 2 rings (SSSR count). The summed E-state index contributed by atoms with van der Waals surface area (Å²) in [6.45, 7) is 7.22. The second-order valence-electron chi connectivity index (χ2n) is 6.61. The number of aliphatic imine (C=N–C) groups is 1. The third-order valence-corrected chi connectivity index (χ3v) is 5.27. The summed E-state index contributed by atoms with van der Waals surface area (Å²) in [6, 6.07) is 9.90. The van der Waals surface area contributed by atoms with Crippen LogP contribution in [0.5, 0.6) is 11.5 Å². The van der Waals surface area contributed by atoms with Crippen LogP contribution in [0.4, 0.5) is 0 Å². The summed E-state index contributed by atoms with van der Waals surface area (Å²) >= 11 is 1.81. The van der Waals surface area contributed by atoms with E-state index in [4.69, 9.17) is 9.47 Å². The first-order chi connectivity index (χ1) is 13.5. The van der Waals surface area contributed by atoms with Gasteiger partial charge in [-0.3, -0.25) is 4.99 Å². The second kappa shape index (κ2) is 10.9. The number of nitrogens with zero attached hydrogens (tertiary/aromatic N) is 1. The first-order valence-electron chi connectivity index (χ1n) is 9.47. The van der Waals surface area contributed by atoms with Gasteiger partial charge in [-0.2, -0.15) is 0 Å². The molecule has 0 amide bonds. The van der Waals surface area contributed by atoms with Crippen LogP contribution >= 0.6 is 11.3 Å². The minimum absolute atomic E-state index is 0.212. The minimum Gasteiger partial charge on any atom is -0.497 e. The van der Waals surface area contributed by atoms with Crippen molar-refractivity contribution in [3.8, 4) is 11.5 Å². The monoisotopic (exact) mass is 405 g/mol. The number of hydrogen-bond acceptors (Lipinski definition) is 5. The molecule has 0 fully saturated rings. The Bertz CT molecular complexity index is 776. The van der Waals surface area contributed by atoms with Gasteiger partial charge in [0.1, 0.15) is 17.6 Å². The largest absolute Gasteiger partial charge is 0.497 e. The highest BCUT2D eigenvalue weighted by molar-refractivity contribution is 7.11. The summed E-state index contributed by atoms with van der Waals surface area (Å²) in [5.74, 6) is 1.97. The van der Waals surface area contributed by atoms with Crippen LogP contribution < -0.4 is 20.1 Å². The van der Waals surface area contributed by atoms with Crippen molar-refractivity contribution < 1.29 is 14.6 Å². The molecular weight excluding hydrogens is 374 g/mol. The molecule has 2 unspecified atom stereocenters. The molecule has 3 N–H and O–H groups in total. The average Bonchev–Trinajstić information content (AvgIpc) is 3.09. The third kappa shape index (κ3) is 6.42. The number of guanidine groups is 1. The zero-order valence-corrected chi connectivity index (χ0v) is 18.1. The van der Waals surface area contributed by atoms with Crippen LogP contribution in [0.2, 0.25) is 0 Å². The number of benzene rings is 1. The highest BCUT2D eigenvalue weighted by Gasteiger charge is 2.15. The average molecular weight is 406 g/mol. The van der Waals surface area contributed by atoms with E-state index in [1.807, 2.05) is 18.3 Å². The maximum atomic E-state index is 10.6. The van der Waals surface area contributed by atoms with Crippen molar-refractivity contribution in [1.29, 1.82) is 0 Å². The number of thiophene rings is 1. The molecule has 154 valence electrons. The number of nitrogens with one attached hydrogen (secondary N) is 2. The summed E-state index contributed by atoms with van der Waals surface area (Å²) in [7, 11) is 3.18. The fraction of sp³-hybridized carbons (Fsp3) is 0.476. The van der Waals surface area contributed by atoms with Gasteiger partial charge in [-0.1, -0.05) is 0 Å². The highest BCUT2D eigenvalue weighted by atomic mass is 32.1. The Morgan fingerprint density at radius 1 is 1.21 bits per heavy atom. The molecule has 0 spiro atoms. The fourth-order valence-electron chi connectivity index (χ4n) is 2.88. The SMILES string of the molecule is CCNC(=NCC(O)c1cc(OC)ccc1OC)NC(C)Cc1ccc(C)s1. The Morgan fingerprint density at radius 3 is 2.61 bits per heavy atom. The van der Waals surface area contributed by atoms with Crippen molar-refractivity contribution in [3.05, 3.63) is 45.6 Å². The lowest BCUT2D eigenvalue weighted by molar-refractivity contribution is 0.182. The molecule has 0 saturated carbocycles. The molecule has 28 heavy (non-hydrogen) atoms. The van der Waals surface area contributed by atoms with Crippen molar-refractivity contribution in [2.24, 2.45) is 4.99 Å². The number of aliphatic hydroxyl groups is 1. The van der Waals surface area contributed by atoms with Gasteiger partial charge in [0, 0.05) is 34.3 Å². The van der Waals surface area contributed by atoms with E-state index in [1.54, 1.807) is 32.4 Å². The van der Waals surface area contributed by atoms with Gasteiger partial charge < -0.3 is 25.2 Å². The number of methoxy groups -OCH3 is 2. The number of hydrogen-bond donors (Lipinski definition) is 3.